The van der Waals surface area contributed by atoms with Gasteiger partial charge in [0.05, 0.1) is 17.6 Å². The van der Waals surface area contributed by atoms with Gasteiger partial charge in [-0.25, -0.2) is 13.2 Å². The minimum Gasteiger partial charge on any atom is -0.455 e. The Kier molecular flexibility index (Phi) is 4.19. The lowest BCUT2D eigenvalue weighted by Crippen LogP contribution is -2.27. The molecule has 146 valence electrons. The second-order valence-electron chi connectivity index (χ2n) is 6.98. The molecule has 1 saturated heterocycles. The first-order chi connectivity index (χ1) is 12.7. The Balaban J connectivity index is 1.46. The van der Waals surface area contributed by atoms with Crippen LogP contribution >= 0.6 is 12.2 Å². The van der Waals surface area contributed by atoms with Crippen molar-refractivity contribution in [3.8, 4) is 5.75 Å². The van der Waals surface area contributed by atoms with E-state index >= 15 is 0 Å². The van der Waals surface area contributed by atoms with E-state index in [0.717, 1.165) is 0 Å². The summed E-state index contributed by atoms with van der Waals surface area (Å²) in [5.74, 6) is -12.4. The molecule has 3 aliphatic rings. The Labute approximate surface area is 155 Å². The van der Waals surface area contributed by atoms with E-state index in [9.17, 15) is 26.7 Å². The first-order valence-corrected chi connectivity index (χ1v) is 8.65. The average molecular weight is 408 g/mol. The maximum Gasteiger partial charge on any atom is 0.358 e. The molecule has 5 atom stereocenters. The van der Waals surface area contributed by atoms with Gasteiger partial charge < -0.3 is 14.2 Å². The average Bonchev–Trinajstić information content (AvgIpc) is 3.49. The number of carbonyl (C=O) groups excluding carboxylic acids is 1. The summed E-state index contributed by atoms with van der Waals surface area (Å²) in [5, 5.41) is -0.832. The summed E-state index contributed by atoms with van der Waals surface area (Å²) in [6.45, 7) is 1.69. The van der Waals surface area contributed by atoms with Gasteiger partial charge in [0.1, 0.15) is 12.4 Å². The van der Waals surface area contributed by atoms with Crippen LogP contribution in [0.4, 0.5) is 22.0 Å². The van der Waals surface area contributed by atoms with Gasteiger partial charge in [0.25, 0.3) is 0 Å². The molecule has 2 aliphatic carbocycles. The lowest BCUT2D eigenvalue weighted by molar-refractivity contribution is -0.124. The Hall–Kier alpha value is -1.81. The number of carbonyl (C=O) groups is 1. The van der Waals surface area contributed by atoms with Gasteiger partial charge in [-0.3, -0.25) is 4.79 Å². The number of benzene rings is 1. The third-order valence-electron chi connectivity index (χ3n) is 5.68. The van der Waals surface area contributed by atoms with Crippen LogP contribution in [0.1, 0.15) is 19.8 Å². The number of Topliss-reactive ketones (excluding diaryl/α,β-unsaturated/α-hetero) is 1. The molecule has 4 rings (SSSR count). The predicted octanol–water partition coefficient (Wildman–Crippen LogP) is 3.45. The fourth-order valence-corrected chi connectivity index (χ4v) is 4.39. The van der Waals surface area contributed by atoms with E-state index < -0.39 is 45.5 Å². The van der Waals surface area contributed by atoms with E-state index in [1.54, 1.807) is 0 Å². The van der Waals surface area contributed by atoms with E-state index in [0.29, 0.717) is 12.8 Å². The molecule has 0 radical (unpaired) electrons. The number of thiocarbonyl (C=S) groups is 1. The summed E-state index contributed by atoms with van der Waals surface area (Å²) in [6.07, 6.45) is 1.07. The standard InChI is InChI=1S/C17H13F5O4S/c1-5-14(25-5)8-6-2-3-7(23)17(6,8)4-24-16(27)26-15-12(21)10(19)9(18)11(20)13(15)22/h5-6,8,14H,2-4H2,1H3/t5-,6-,8+,14+,17+/m0/s1. The number of rotatable bonds is 4. The molecule has 2 saturated carbocycles. The zero-order chi connectivity index (χ0) is 19.7. The van der Waals surface area contributed by atoms with E-state index in [4.69, 9.17) is 21.7 Å². The molecule has 0 N–H and O–H groups in total. The molecule has 0 aromatic heterocycles. The van der Waals surface area contributed by atoms with Gasteiger partial charge in [0, 0.05) is 24.6 Å². The van der Waals surface area contributed by atoms with Gasteiger partial charge in [0.15, 0.2) is 0 Å². The fourth-order valence-electron chi connectivity index (χ4n) is 4.25. The van der Waals surface area contributed by atoms with E-state index in [2.05, 4.69) is 4.74 Å². The van der Waals surface area contributed by atoms with Crippen molar-refractivity contribution in [1.82, 2.24) is 0 Å². The van der Waals surface area contributed by atoms with Crippen molar-refractivity contribution < 1.29 is 41.0 Å². The summed E-state index contributed by atoms with van der Waals surface area (Å²) in [7, 11) is 0. The summed E-state index contributed by atoms with van der Waals surface area (Å²) < 4.78 is 81.9. The molecule has 0 bridgehead atoms. The van der Waals surface area contributed by atoms with Gasteiger partial charge >= 0.3 is 5.24 Å². The van der Waals surface area contributed by atoms with Crippen molar-refractivity contribution in [2.75, 3.05) is 6.61 Å². The maximum absolute atomic E-state index is 13.6. The lowest BCUT2D eigenvalue weighted by Gasteiger charge is -2.16. The maximum atomic E-state index is 13.6. The van der Waals surface area contributed by atoms with Crippen LogP contribution in [-0.4, -0.2) is 29.8 Å². The zero-order valence-electron chi connectivity index (χ0n) is 13.9. The summed E-state index contributed by atoms with van der Waals surface area (Å²) in [5.41, 5.74) is -0.792. The number of ketones is 1. The highest BCUT2D eigenvalue weighted by Crippen LogP contribution is 2.70. The van der Waals surface area contributed by atoms with Crippen LogP contribution in [0.3, 0.4) is 0 Å². The van der Waals surface area contributed by atoms with Gasteiger partial charge in [-0.2, -0.15) is 8.78 Å². The smallest absolute Gasteiger partial charge is 0.358 e. The van der Waals surface area contributed by atoms with Gasteiger partial charge in [-0.05, 0) is 19.3 Å². The summed E-state index contributed by atoms with van der Waals surface area (Å²) >= 11 is 4.70. The van der Waals surface area contributed by atoms with Crippen molar-refractivity contribution in [1.29, 1.82) is 0 Å². The Morgan fingerprint density at radius 1 is 1.15 bits per heavy atom. The summed E-state index contributed by atoms with van der Waals surface area (Å²) in [6, 6.07) is 0. The van der Waals surface area contributed by atoms with Crippen molar-refractivity contribution in [3.05, 3.63) is 29.1 Å². The molecule has 1 aromatic rings. The van der Waals surface area contributed by atoms with Crippen LogP contribution in [0.5, 0.6) is 5.75 Å². The molecule has 0 amide bonds. The largest absolute Gasteiger partial charge is 0.455 e. The Morgan fingerprint density at radius 3 is 2.26 bits per heavy atom. The second-order valence-corrected chi connectivity index (χ2v) is 7.31. The molecule has 4 nitrogen and oxygen atoms in total. The van der Waals surface area contributed by atoms with Crippen LogP contribution in [0.25, 0.3) is 0 Å². The number of hydrogen-bond donors (Lipinski definition) is 0. The van der Waals surface area contributed by atoms with E-state index in [-0.39, 0.29) is 36.4 Å². The predicted molar refractivity (Wildman–Crippen MR) is 83.4 cm³/mol. The van der Waals surface area contributed by atoms with Crippen LogP contribution < -0.4 is 4.74 Å². The monoisotopic (exact) mass is 408 g/mol. The normalized spacial score (nSPS) is 33.6. The molecule has 27 heavy (non-hydrogen) atoms. The van der Waals surface area contributed by atoms with Crippen LogP contribution in [0, 0.1) is 46.3 Å². The quantitative estimate of drug-likeness (QED) is 0.251. The first-order valence-electron chi connectivity index (χ1n) is 8.25. The second kappa shape index (κ2) is 6.10. The van der Waals surface area contributed by atoms with Crippen LogP contribution in [0.2, 0.25) is 0 Å². The molecule has 1 heterocycles. The van der Waals surface area contributed by atoms with Gasteiger partial charge in [0.2, 0.25) is 34.8 Å². The zero-order valence-corrected chi connectivity index (χ0v) is 14.7. The van der Waals surface area contributed by atoms with Crippen molar-refractivity contribution in [2.45, 2.75) is 32.0 Å². The Morgan fingerprint density at radius 2 is 1.70 bits per heavy atom. The Bertz CT molecular complexity index is 833. The number of epoxide rings is 1. The molecular formula is C17H13F5O4S. The minimum atomic E-state index is -2.30. The van der Waals surface area contributed by atoms with E-state index in [1.165, 1.54) is 0 Å². The van der Waals surface area contributed by atoms with Crippen molar-refractivity contribution >= 4 is 23.2 Å². The molecule has 0 unspecified atom stereocenters. The topological polar surface area (TPSA) is 48.1 Å². The number of fused-ring (bicyclic) bond motifs is 1. The highest BCUT2D eigenvalue weighted by Gasteiger charge is 2.77. The molecule has 1 aromatic carbocycles. The van der Waals surface area contributed by atoms with Gasteiger partial charge in [-0.15, -0.1) is 0 Å². The summed E-state index contributed by atoms with van der Waals surface area (Å²) in [4.78, 5) is 12.3. The highest BCUT2D eigenvalue weighted by molar-refractivity contribution is 7.79. The van der Waals surface area contributed by atoms with Crippen molar-refractivity contribution in [2.24, 2.45) is 17.3 Å². The third kappa shape index (κ3) is 2.64. The third-order valence-corrected chi connectivity index (χ3v) is 5.88. The lowest BCUT2D eigenvalue weighted by atomic mass is 9.96. The highest BCUT2D eigenvalue weighted by atomic mass is 32.1. The molecule has 3 fully saturated rings. The van der Waals surface area contributed by atoms with E-state index in [1.807, 2.05) is 6.92 Å². The number of halogens is 5. The number of hydrogen-bond acceptors (Lipinski definition) is 5. The van der Waals surface area contributed by atoms with Crippen LogP contribution in [0.15, 0.2) is 0 Å². The fraction of sp³-hybridized carbons (Fsp3) is 0.529. The SMILES string of the molecule is C[C@@H]1O[C@H]1[C@H]1[C@@H]2CCC(=O)[C@]12COC(=S)Oc1c(F)c(F)c(F)c(F)c1F. The first kappa shape index (κ1) is 18.5. The molecule has 0 spiro atoms. The molecule has 10 heteroatoms. The van der Waals surface area contributed by atoms with Gasteiger partial charge in [-0.1, -0.05) is 0 Å². The minimum absolute atomic E-state index is 0.0146. The molecular weight excluding hydrogens is 395 g/mol. The van der Waals surface area contributed by atoms with Crippen molar-refractivity contribution in [3.63, 3.8) is 0 Å². The molecule has 1 aliphatic heterocycles. The van der Waals surface area contributed by atoms with Crippen LogP contribution in [-0.2, 0) is 14.3 Å². The number of ether oxygens (including phenoxy) is 3.